The zero-order chi connectivity index (χ0) is 16.3. The molecule has 0 saturated heterocycles. The second-order valence-electron chi connectivity index (χ2n) is 6.68. The van der Waals surface area contributed by atoms with Gasteiger partial charge >= 0.3 is 0 Å². The highest BCUT2D eigenvalue weighted by atomic mass is 79.9. The molecule has 0 heterocycles. The number of anilines is 1. The van der Waals surface area contributed by atoms with Gasteiger partial charge in [0.1, 0.15) is 5.41 Å². The predicted molar refractivity (Wildman–Crippen MR) is 94.1 cm³/mol. The Morgan fingerprint density at radius 2 is 1.65 bits per heavy atom. The Bertz CT molecular complexity index is 590. The van der Waals surface area contributed by atoms with E-state index in [0.717, 1.165) is 17.3 Å². The number of para-hydroxylation sites is 1. The van der Waals surface area contributed by atoms with Crippen LogP contribution >= 0.6 is 15.9 Å². The zero-order valence-electron chi connectivity index (χ0n) is 13.2. The number of carbonyl (C=O) groups excluding carboxylic acids is 2. The van der Waals surface area contributed by atoms with Crippen molar-refractivity contribution in [2.75, 3.05) is 5.32 Å². The van der Waals surface area contributed by atoms with Gasteiger partial charge in [0.2, 0.25) is 11.8 Å². The summed E-state index contributed by atoms with van der Waals surface area (Å²) in [6, 6.07) is 7.71. The van der Waals surface area contributed by atoms with Crippen molar-refractivity contribution in [1.29, 1.82) is 0 Å². The molecule has 1 aromatic carbocycles. The fourth-order valence-corrected chi connectivity index (χ4v) is 3.62. The maximum absolute atomic E-state index is 12.6. The van der Waals surface area contributed by atoms with Crippen LogP contribution in [0.25, 0.3) is 0 Å². The van der Waals surface area contributed by atoms with Crippen LogP contribution in [0.2, 0.25) is 0 Å². The van der Waals surface area contributed by atoms with E-state index in [1.54, 1.807) is 0 Å². The van der Waals surface area contributed by atoms with E-state index in [1.807, 2.05) is 24.3 Å². The van der Waals surface area contributed by atoms with Gasteiger partial charge in [-0.1, -0.05) is 37.8 Å². The Morgan fingerprint density at radius 1 is 1.00 bits per heavy atom. The van der Waals surface area contributed by atoms with Crippen LogP contribution in [0.4, 0.5) is 5.69 Å². The third-order valence-corrected chi connectivity index (χ3v) is 5.62. The van der Waals surface area contributed by atoms with Crippen molar-refractivity contribution in [3.63, 3.8) is 0 Å². The smallest absolute Gasteiger partial charge is 0.240 e. The van der Waals surface area contributed by atoms with Crippen molar-refractivity contribution in [3.8, 4) is 0 Å². The molecule has 2 N–H and O–H groups in total. The first kappa shape index (κ1) is 16.5. The van der Waals surface area contributed by atoms with Crippen molar-refractivity contribution in [2.24, 2.45) is 5.41 Å². The first-order valence-electron chi connectivity index (χ1n) is 8.49. The summed E-state index contributed by atoms with van der Waals surface area (Å²) in [6.07, 6.45) is 8.19. The Morgan fingerprint density at radius 3 is 2.26 bits per heavy atom. The van der Waals surface area contributed by atoms with Crippen LogP contribution in [0.1, 0.15) is 51.4 Å². The molecule has 2 saturated carbocycles. The number of carbonyl (C=O) groups is 2. The topological polar surface area (TPSA) is 58.2 Å². The number of amides is 2. The lowest BCUT2D eigenvalue weighted by atomic mass is 10.0. The molecular weight excluding hydrogens is 356 g/mol. The number of hydrogen-bond acceptors (Lipinski definition) is 2. The average molecular weight is 379 g/mol. The number of halogens is 1. The average Bonchev–Trinajstić information content (AvgIpc) is 3.34. The van der Waals surface area contributed by atoms with Gasteiger partial charge < -0.3 is 10.6 Å². The summed E-state index contributed by atoms with van der Waals surface area (Å²) in [5.74, 6) is -0.274. The van der Waals surface area contributed by atoms with Crippen molar-refractivity contribution in [3.05, 3.63) is 28.7 Å². The van der Waals surface area contributed by atoms with Gasteiger partial charge in [-0.25, -0.2) is 0 Å². The second-order valence-corrected chi connectivity index (χ2v) is 7.53. The van der Waals surface area contributed by atoms with Gasteiger partial charge in [0, 0.05) is 10.5 Å². The lowest BCUT2D eigenvalue weighted by Crippen LogP contribution is -2.44. The largest absolute Gasteiger partial charge is 0.352 e. The summed E-state index contributed by atoms with van der Waals surface area (Å²) in [5, 5.41) is 6.03. The van der Waals surface area contributed by atoms with Crippen LogP contribution in [-0.4, -0.2) is 17.9 Å². The standard InChI is InChI=1S/C18H23BrN2O2/c19-14-9-5-6-10-15(14)21-17(23)18(11-12-18)16(22)20-13-7-3-1-2-4-8-13/h5-6,9-10,13H,1-4,7-8,11-12H2,(H,20,22)(H,21,23). The molecule has 2 amide bonds. The molecule has 23 heavy (non-hydrogen) atoms. The molecule has 2 aliphatic rings. The van der Waals surface area contributed by atoms with E-state index in [-0.39, 0.29) is 17.9 Å². The quantitative estimate of drug-likeness (QED) is 0.614. The lowest BCUT2D eigenvalue weighted by Gasteiger charge is -2.21. The lowest BCUT2D eigenvalue weighted by molar-refractivity contribution is -0.134. The minimum Gasteiger partial charge on any atom is -0.352 e. The molecule has 124 valence electrons. The van der Waals surface area contributed by atoms with Gasteiger partial charge in [-0.3, -0.25) is 9.59 Å². The molecule has 0 radical (unpaired) electrons. The minimum atomic E-state index is -0.860. The zero-order valence-corrected chi connectivity index (χ0v) is 14.8. The third kappa shape index (κ3) is 3.77. The molecule has 3 rings (SSSR count). The molecule has 0 aliphatic heterocycles. The van der Waals surface area contributed by atoms with E-state index in [2.05, 4.69) is 26.6 Å². The first-order chi connectivity index (χ1) is 11.1. The van der Waals surface area contributed by atoms with Crippen LogP contribution in [0.3, 0.4) is 0 Å². The number of rotatable bonds is 4. The van der Waals surface area contributed by atoms with E-state index in [1.165, 1.54) is 25.7 Å². The third-order valence-electron chi connectivity index (χ3n) is 4.93. The summed E-state index contributed by atoms with van der Waals surface area (Å²) in [4.78, 5) is 25.2. The number of nitrogens with one attached hydrogen (secondary N) is 2. The predicted octanol–water partition coefficient (Wildman–Crippen LogP) is 4.01. The van der Waals surface area contributed by atoms with E-state index < -0.39 is 5.41 Å². The molecular formula is C18H23BrN2O2. The van der Waals surface area contributed by atoms with Crippen LogP contribution in [0.5, 0.6) is 0 Å². The Kier molecular flexibility index (Phi) is 5.05. The van der Waals surface area contributed by atoms with Crippen LogP contribution in [0, 0.1) is 5.41 Å². The highest BCUT2D eigenvalue weighted by molar-refractivity contribution is 9.10. The van der Waals surface area contributed by atoms with Crippen molar-refractivity contribution < 1.29 is 9.59 Å². The number of benzene rings is 1. The van der Waals surface area contributed by atoms with Crippen molar-refractivity contribution in [1.82, 2.24) is 5.32 Å². The molecule has 0 unspecified atom stereocenters. The molecule has 4 nitrogen and oxygen atoms in total. The van der Waals surface area contributed by atoms with E-state index >= 15 is 0 Å². The maximum Gasteiger partial charge on any atom is 0.240 e. The molecule has 0 spiro atoms. The van der Waals surface area contributed by atoms with Gasteiger partial charge in [-0.2, -0.15) is 0 Å². The monoisotopic (exact) mass is 378 g/mol. The minimum absolute atomic E-state index is 0.0889. The van der Waals surface area contributed by atoms with Crippen LogP contribution in [-0.2, 0) is 9.59 Å². The Balaban J connectivity index is 1.62. The van der Waals surface area contributed by atoms with Crippen molar-refractivity contribution >= 4 is 33.4 Å². The Hall–Kier alpha value is -1.36. The maximum atomic E-state index is 12.6. The molecule has 5 heteroatoms. The second kappa shape index (κ2) is 7.04. The van der Waals surface area contributed by atoms with Crippen LogP contribution in [0.15, 0.2) is 28.7 Å². The summed E-state index contributed by atoms with van der Waals surface area (Å²) in [5.41, 5.74) is -0.146. The first-order valence-corrected chi connectivity index (χ1v) is 9.28. The summed E-state index contributed by atoms with van der Waals surface area (Å²) >= 11 is 3.42. The molecule has 2 fully saturated rings. The van der Waals surface area contributed by atoms with Gasteiger partial charge in [0.05, 0.1) is 5.69 Å². The summed E-state index contributed by atoms with van der Waals surface area (Å²) in [6.45, 7) is 0. The van der Waals surface area contributed by atoms with Crippen LogP contribution < -0.4 is 10.6 Å². The molecule has 1 aromatic rings. The van der Waals surface area contributed by atoms with Gasteiger partial charge in [0.25, 0.3) is 0 Å². The van der Waals surface area contributed by atoms with E-state index in [9.17, 15) is 9.59 Å². The summed E-state index contributed by atoms with van der Waals surface area (Å²) < 4.78 is 0.827. The summed E-state index contributed by atoms with van der Waals surface area (Å²) in [7, 11) is 0. The SMILES string of the molecule is O=C(Nc1ccccc1Br)C1(C(=O)NC2CCCCCC2)CC1. The van der Waals surface area contributed by atoms with E-state index in [4.69, 9.17) is 0 Å². The number of hydrogen-bond donors (Lipinski definition) is 2. The van der Waals surface area contributed by atoms with Gasteiger partial charge in [-0.15, -0.1) is 0 Å². The Labute approximate surface area is 145 Å². The van der Waals surface area contributed by atoms with Gasteiger partial charge in [-0.05, 0) is 53.7 Å². The fourth-order valence-electron chi connectivity index (χ4n) is 3.23. The molecule has 0 bridgehead atoms. The molecule has 0 aromatic heterocycles. The highest BCUT2D eigenvalue weighted by Crippen LogP contribution is 2.47. The van der Waals surface area contributed by atoms with Crippen molar-refractivity contribution in [2.45, 2.75) is 57.4 Å². The van der Waals surface area contributed by atoms with Gasteiger partial charge in [0.15, 0.2) is 0 Å². The molecule has 0 atom stereocenters. The fraction of sp³-hybridized carbons (Fsp3) is 0.556. The normalized spacial score (nSPS) is 20.4. The van der Waals surface area contributed by atoms with E-state index in [0.29, 0.717) is 18.5 Å². The molecule has 2 aliphatic carbocycles. The highest BCUT2D eigenvalue weighted by Gasteiger charge is 2.56.